The molecule has 2 rings (SSSR count). The standard InChI is InChI=1S/C43H76O7/c1-4-7-10-13-16-19-22-25-28-47-40-31-36(43(46)50-39-34-37(44)33-38(45)35-39)32-41(48-29-26-23-20-17-14-11-8-5-2)42(40)49-30-27-24-21-18-15-12-9-6-3/h31-32,37-39,44-45H,4-30,33-35H2,1-3H3/t37-,38+,39?. The van der Waals surface area contributed by atoms with Crippen molar-refractivity contribution in [2.75, 3.05) is 19.8 Å². The number of rotatable bonds is 32. The molecule has 1 saturated carbocycles. The van der Waals surface area contributed by atoms with Crippen LogP contribution in [-0.4, -0.2) is 54.3 Å². The van der Waals surface area contributed by atoms with Gasteiger partial charge < -0.3 is 29.2 Å². The highest BCUT2D eigenvalue weighted by molar-refractivity contribution is 5.91. The molecule has 7 nitrogen and oxygen atoms in total. The van der Waals surface area contributed by atoms with Crippen molar-refractivity contribution < 1.29 is 34.0 Å². The third-order valence-corrected chi connectivity index (χ3v) is 9.90. The van der Waals surface area contributed by atoms with E-state index in [0.29, 0.717) is 61.9 Å². The monoisotopic (exact) mass is 705 g/mol. The molecule has 1 aromatic carbocycles. The lowest BCUT2D eigenvalue weighted by Crippen LogP contribution is -2.35. The van der Waals surface area contributed by atoms with Crippen molar-refractivity contribution in [1.82, 2.24) is 0 Å². The number of hydrogen-bond donors (Lipinski definition) is 2. The maximum absolute atomic E-state index is 13.5. The number of hydrogen-bond acceptors (Lipinski definition) is 7. The van der Waals surface area contributed by atoms with Crippen molar-refractivity contribution >= 4 is 5.97 Å². The first kappa shape index (κ1) is 44.2. The second-order valence-electron chi connectivity index (χ2n) is 14.8. The van der Waals surface area contributed by atoms with Gasteiger partial charge in [-0.15, -0.1) is 0 Å². The molecular weight excluding hydrogens is 628 g/mol. The summed E-state index contributed by atoms with van der Waals surface area (Å²) >= 11 is 0. The van der Waals surface area contributed by atoms with Crippen LogP contribution in [0.4, 0.5) is 0 Å². The Labute approximate surface area is 306 Å². The predicted octanol–water partition coefficient (Wildman–Crippen LogP) is 11.7. The van der Waals surface area contributed by atoms with Gasteiger partial charge in [0.15, 0.2) is 11.5 Å². The number of aliphatic hydroxyl groups excluding tert-OH is 2. The van der Waals surface area contributed by atoms with Crippen molar-refractivity contribution in [1.29, 1.82) is 0 Å². The summed E-state index contributed by atoms with van der Waals surface area (Å²) < 4.78 is 25.0. The summed E-state index contributed by atoms with van der Waals surface area (Å²) in [7, 11) is 0. The molecule has 1 aliphatic carbocycles. The Morgan fingerprint density at radius 2 is 0.860 bits per heavy atom. The SMILES string of the molecule is CCCCCCCCCCOc1cc(C(=O)OC2C[C@@H](O)C[C@@H](O)C2)cc(OCCCCCCCCCC)c1OCCCCCCCCCC. The smallest absolute Gasteiger partial charge is 0.338 e. The molecule has 0 aromatic heterocycles. The lowest BCUT2D eigenvalue weighted by molar-refractivity contribution is -0.0408. The van der Waals surface area contributed by atoms with E-state index >= 15 is 0 Å². The Hall–Kier alpha value is -1.99. The van der Waals surface area contributed by atoms with Crippen molar-refractivity contribution in [3.8, 4) is 17.2 Å². The normalized spacial score (nSPS) is 17.5. The van der Waals surface area contributed by atoms with E-state index in [-0.39, 0.29) is 0 Å². The maximum atomic E-state index is 13.5. The van der Waals surface area contributed by atoms with E-state index in [2.05, 4.69) is 20.8 Å². The van der Waals surface area contributed by atoms with Crippen molar-refractivity contribution in [2.24, 2.45) is 0 Å². The molecule has 0 heterocycles. The van der Waals surface area contributed by atoms with E-state index in [9.17, 15) is 15.0 Å². The summed E-state index contributed by atoms with van der Waals surface area (Å²) in [6.45, 7) is 8.40. The van der Waals surface area contributed by atoms with Gasteiger partial charge in [-0.05, 0) is 37.8 Å². The van der Waals surface area contributed by atoms with Crippen LogP contribution in [0.15, 0.2) is 12.1 Å². The number of esters is 1. The van der Waals surface area contributed by atoms with E-state index in [1.165, 1.54) is 116 Å². The highest BCUT2D eigenvalue weighted by Gasteiger charge is 2.30. The minimum absolute atomic E-state index is 0.312. The first-order valence-electron chi connectivity index (χ1n) is 21.1. The largest absolute Gasteiger partial charge is 0.490 e. The average Bonchev–Trinajstić information content (AvgIpc) is 3.09. The molecule has 1 aliphatic rings. The fraction of sp³-hybridized carbons (Fsp3) is 0.837. The van der Waals surface area contributed by atoms with Crippen molar-refractivity contribution in [3.05, 3.63) is 17.7 Å². The van der Waals surface area contributed by atoms with Gasteiger partial charge in [-0.1, -0.05) is 156 Å². The third-order valence-electron chi connectivity index (χ3n) is 9.90. The molecule has 0 amide bonds. The lowest BCUT2D eigenvalue weighted by atomic mass is 9.92. The summed E-state index contributed by atoms with van der Waals surface area (Å²) in [5.74, 6) is 1.13. The first-order chi connectivity index (χ1) is 24.5. The van der Waals surface area contributed by atoms with Crippen LogP contribution in [0.3, 0.4) is 0 Å². The fourth-order valence-corrected chi connectivity index (χ4v) is 6.82. The Bertz CT molecular complexity index is 914. The molecule has 1 aromatic rings. The Balaban J connectivity index is 2.11. The molecule has 0 spiro atoms. The van der Waals surface area contributed by atoms with E-state index in [4.69, 9.17) is 18.9 Å². The zero-order valence-corrected chi connectivity index (χ0v) is 32.5. The molecule has 50 heavy (non-hydrogen) atoms. The number of benzene rings is 1. The molecule has 7 heteroatoms. The van der Waals surface area contributed by atoms with Gasteiger partial charge in [0.2, 0.25) is 5.75 Å². The van der Waals surface area contributed by atoms with Gasteiger partial charge in [0, 0.05) is 12.8 Å². The van der Waals surface area contributed by atoms with Gasteiger partial charge >= 0.3 is 5.97 Å². The Morgan fingerprint density at radius 1 is 0.520 bits per heavy atom. The topological polar surface area (TPSA) is 94.5 Å². The zero-order valence-electron chi connectivity index (χ0n) is 32.5. The fourth-order valence-electron chi connectivity index (χ4n) is 6.82. The maximum Gasteiger partial charge on any atom is 0.338 e. The third kappa shape index (κ3) is 20.8. The predicted molar refractivity (Wildman–Crippen MR) is 206 cm³/mol. The van der Waals surface area contributed by atoms with Crippen LogP contribution in [0.1, 0.15) is 204 Å². The van der Waals surface area contributed by atoms with Gasteiger partial charge in [-0.25, -0.2) is 4.79 Å². The van der Waals surface area contributed by atoms with Gasteiger partial charge in [0.25, 0.3) is 0 Å². The van der Waals surface area contributed by atoms with Crippen LogP contribution in [0, 0.1) is 0 Å². The minimum atomic E-state index is -0.681. The summed E-state index contributed by atoms with van der Waals surface area (Å²) in [5.41, 5.74) is 0.343. The van der Waals surface area contributed by atoms with Gasteiger partial charge in [-0.2, -0.15) is 0 Å². The van der Waals surface area contributed by atoms with Crippen LogP contribution in [0.25, 0.3) is 0 Å². The van der Waals surface area contributed by atoms with E-state index in [1.54, 1.807) is 12.1 Å². The summed E-state index contributed by atoms with van der Waals surface area (Å²) in [5, 5.41) is 20.3. The van der Waals surface area contributed by atoms with Gasteiger partial charge in [-0.3, -0.25) is 0 Å². The molecule has 0 aliphatic heterocycles. The number of aliphatic hydroxyl groups is 2. The van der Waals surface area contributed by atoms with E-state index in [1.807, 2.05) is 0 Å². The molecule has 1 unspecified atom stereocenters. The summed E-state index contributed by atoms with van der Waals surface area (Å²) in [6.07, 6.45) is 28.2. The Kier molecular flexibility index (Phi) is 26.1. The molecule has 1 fully saturated rings. The molecule has 0 radical (unpaired) electrons. The van der Waals surface area contributed by atoms with Crippen LogP contribution in [0.2, 0.25) is 0 Å². The van der Waals surface area contributed by atoms with Crippen LogP contribution in [-0.2, 0) is 4.74 Å². The van der Waals surface area contributed by atoms with Crippen molar-refractivity contribution in [3.63, 3.8) is 0 Å². The molecule has 3 atom stereocenters. The van der Waals surface area contributed by atoms with E-state index in [0.717, 1.165) is 38.5 Å². The molecule has 290 valence electrons. The van der Waals surface area contributed by atoms with Crippen molar-refractivity contribution in [2.45, 2.75) is 212 Å². The number of carbonyl (C=O) groups is 1. The van der Waals surface area contributed by atoms with Gasteiger partial charge in [0.05, 0.1) is 37.6 Å². The second kappa shape index (κ2) is 29.6. The number of unbranched alkanes of at least 4 members (excludes halogenated alkanes) is 21. The van der Waals surface area contributed by atoms with Crippen LogP contribution >= 0.6 is 0 Å². The minimum Gasteiger partial charge on any atom is -0.490 e. The second-order valence-corrected chi connectivity index (χ2v) is 14.8. The quantitative estimate of drug-likeness (QED) is 0.0569. The van der Waals surface area contributed by atoms with E-state index < -0.39 is 24.3 Å². The lowest BCUT2D eigenvalue weighted by Gasteiger charge is -2.29. The molecular formula is C43H76O7. The molecule has 2 N–H and O–H groups in total. The highest BCUT2D eigenvalue weighted by Crippen LogP contribution is 2.40. The van der Waals surface area contributed by atoms with Crippen LogP contribution < -0.4 is 14.2 Å². The zero-order chi connectivity index (χ0) is 36.1. The number of carbonyl (C=O) groups excluding carboxylic acids is 1. The Morgan fingerprint density at radius 3 is 1.24 bits per heavy atom. The summed E-state index contributed by atoms with van der Waals surface area (Å²) in [4.78, 5) is 13.5. The number of ether oxygens (including phenoxy) is 4. The van der Waals surface area contributed by atoms with Gasteiger partial charge in [0.1, 0.15) is 6.10 Å². The molecule has 0 saturated heterocycles. The summed E-state index contributed by atoms with van der Waals surface area (Å²) in [6, 6.07) is 3.46. The molecule has 0 bridgehead atoms. The first-order valence-corrected chi connectivity index (χ1v) is 21.1. The average molecular weight is 705 g/mol. The highest BCUT2D eigenvalue weighted by atomic mass is 16.6. The van der Waals surface area contributed by atoms with Crippen LogP contribution in [0.5, 0.6) is 17.2 Å².